The van der Waals surface area contributed by atoms with Crippen molar-refractivity contribution < 1.29 is 80.2 Å². The maximum atomic E-state index is 13.1. The quantitative estimate of drug-likeness (QED) is 0.0222. The molecule has 0 spiro atoms. The van der Waals surface area contributed by atoms with Gasteiger partial charge >= 0.3 is 39.5 Å². The lowest BCUT2D eigenvalue weighted by atomic mass is 9.99. The first kappa shape index (κ1) is 92.1. The number of phosphoric acid groups is 2. The van der Waals surface area contributed by atoms with E-state index in [1.807, 2.05) is 0 Å². The van der Waals surface area contributed by atoms with Crippen molar-refractivity contribution in [1.29, 1.82) is 0 Å². The largest absolute Gasteiger partial charge is 0.472 e. The summed E-state index contributed by atoms with van der Waals surface area (Å²) in [5.74, 6) is -0.510. The lowest BCUT2D eigenvalue weighted by Gasteiger charge is -2.21. The third-order valence-corrected chi connectivity index (χ3v) is 19.7. The van der Waals surface area contributed by atoms with Crippen molar-refractivity contribution >= 4 is 39.5 Å². The van der Waals surface area contributed by atoms with Gasteiger partial charge in [0.1, 0.15) is 19.3 Å². The fourth-order valence-electron chi connectivity index (χ4n) is 11.4. The van der Waals surface area contributed by atoms with Gasteiger partial charge < -0.3 is 33.8 Å². The minimum absolute atomic E-state index is 0.107. The van der Waals surface area contributed by atoms with E-state index in [9.17, 15) is 43.2 Å². The molecule has 3 unspecified atom stereocenters. The molecule has 94 heavy (non-hydrogen) atoms. The predicted molar refractivity (Wildman–Crippen MR) is 381 cm³/mol. The summed E-state index contributed by atoms with van der Waals surface area (Å²) in [6.45, 7) is 9.64. The first-order valence-corrected chi connectivity index (χ1v) is 42.0. The summed E-state index contributed by atoms with van der Waals surface area (Å²) in [6.07, 6.45) is 53.8. The van der Waals surface area contributed by atoms with E-state index in [0.717, 1.165) is 102 Å². The Balaban J connectivity index is 5.25. The number of phosphoric ester groups is 2. The smallest absolute Gasteiger partial charge is 0.462 e. The second-order valence-electron chi connectivity index (χ2n) is 27.8. The number of hydrogen-bond donors (Lipinski definition) is 3. The minimum atomic E-state index is -4.96. The maximum Gasteiger partial charge on any atom is 0.472 e. The van der Waals surface area contributed by atoms with E-state index in [1.54, 1.807) is 0 Å². The first-order chi connectivity index (χ1) is 45.4. The molecule has 0 fully saturated rings. The molecule has 0 aromatic carbocycles. The van der Waals surface area contributed by atoms with Crippen LogP contribution < -0.4 is 0 Å². The molecule has 0 aliphatic rings. The van der Waals surface area contributed by atoms with Gasteiger partial charge in [-0.1, -0.05) is 337 Å². The SMILES string of the molecule is CCCCCCCCCCCCCCC(=O)O[C@H](COC(=O)CCCCCCCCCCCCC)COP(=O)(O)OC[C@H](O)COP(=O)(O)OC[C@@H](COC(=O)CCCCCCCCCCCCC(C)CC)OC(=O)CCCCCCCCCCCCCCCCC(C)C. The Hall–Kier alpha value is -1.94. The van der Waals surface area contributed by atoms with Gasteiger partial charge in [-0.05, 0) is 37.5 Å². The lowest BCUT2D eigenvalue weighted by Crippen LogP contribution is -2.30. The molecule has 0 amide bonds. The van der Waals surface area contributed by atoms with Crippen molar-refractivity contribution in [1.82, 2.24) is 0 Å². The van der Waals surface area contributed by atoms with Crippen LogP contribution in [0.3, 0.4) is 0 Å². The van der Waals surface area contributed by atoms with Crippen molar-refractivity contribution in [2.45, 2.75) is 407 Å². The van der Waals surface area contributed by atoms with Gasteiger partial charge in [-0.3, -0.25) is 37.3 Å². The average Bonchev–Trinajstić information content (AvgIpc) is 1.72. The van der Waals surface area contributed by atoms with Crippen molar-refractivity contribution in [3.05, 3.63) is 0 Å². The van der Waals surface area contributed by atoms with Gasteiger partial charge in [0.05, 0.1) is 26.4 Å². The molecule has 0 aromatic heterocycles. The molecular formula is C75H146O17P2. The van der Waals surface area contributed by atoms with E-state index in [2.05, 4.69) is 41.5 Å². The summed E-state index contributed by atoms with van der Waals surface area (Å²) in [7, 11) is -9.91. The number of aliphatic hydroxyl groups is 1. The first-order valence-electron chi connectivity index (χ1n) is 39.0. The number of esters is 4. The Kier molecular flexibility index (Phi) is 65.5. The Morgan fingerprint density at radius 2 is 0.543 bits per heavy atom. The molecule has 0 aliphatic heterocycles. The highest BCUT2D eigenvalue weighted by molar-refractivity contribution is 7.47. The molecule has 0 saturated carbocycles. The van der Waals surface area contributed by atoms with Gasteiger partial charge in [0.15, 0.2) is 12.2 Å². The second kappa shape index (κ2) is 66.9. The second-order valence-corrected chi connectivity index (χ2v) is 30.7. The zero-order chi connectivity index (χ0) is 69.3. The zero-order valence-electron chi connectivity index (χ0n) is 61.3. The third-order valence-electron chi connectivity index (χ3n) is 17.8. The van der Waals surface area contributed by atoms with Crippen molar-refractivity contribution in [2.24, 2.45) is 11.8 Å². The third kappa shape index (κ3) is 67.3. The predicted octanol–water partition coefficient (Wildman–Crippen LogP) is 21.9. The summed E-state index contributed by atoms with van der Waals surface area (Å²) < 4.78 is 68.5. The molecule has 558 valence electrons. The molecule has 0 saturated heterocycles. The topological polar surface area (TPSA) is 237 Å². The van der Waals surface area contributed by atoms with Gasteiger partial charge in [0, 0.05) is 25.7 Å². The average molecular weight is 1380 g/mol. The highest BCUT2D eigenvalue weighted by Crippen LogP contribution is 2.45. The fourth-order valence-corrected chi connectivity index (χ4v) is 13.0. The number of ether oxygens (including phenoxy) is 4. The van der Waals surface area contributed by atoms with Gasteiger partial charge in [0.2, 0.25) is 0 Å². The monoisotopic (exact) mass is 1380 g/mol. The van der Waals surface area contributed by atoms with Crippen LogP contribution in [0.4, 0.5) is 0 Å². The minimum Gasteiger partial charge on any atom is -0.462 e. The molecule has 17 nitrogen and oxygen atoms in total. The van der Waals surface area contributed by atoms with Crippen LogP contribution in [-0.2, 0) is 65.4 Å². The van der Waals surface area contributed by atoms with E-state index in [-0.39, 0.29) is 25.7 Å². The number of hydrogen-bond acceptors (Lipinski definition) is 15. The molecular weight excluding hydrogens is 1230 g/mol. The molecule has 0 heterocycles. The van der Waals surface area contributed by atoms with Crippen LogP contribution in [-0.4, -0.2) is 96.7 Å². The van der Waals surface area contributed by atoms with Gasteiger partial charge in [-0.25, -0.2) is 9.13 Å². The van der Waals surface area contributed by atoms with Gasteiger partial charge in [-0.2, -0.15) is 0 Å². The van der Waals surface area contributed by atoms with Crippen LogP contribution >= 0.6 is 15.6 Å². The van der Waals surface area contributed by atoms with Gasteiger partial charge in [0.25, 0.3) is 0 Å². The van der Waals surface area contributed by atoms with Crippen LogP contribution in [0.15, 0.2) is 0 Å². The molecule has 0 aliphatic carbocycles. The number of carbonyl (C=O) groups excluding carboxylic acids is 4. The lowest BCUT2D eigenvalue weighted by molar-refractivity contribution is -0.161. The molecule has 0 bridgehead atoms. The molecule has 0 rings (SSSR count). The number of unbranched alkanes of at least 4 members (excludes halogenated alkanes) is 43. The van der Waals surface area contributed by atoms with Crippen molar-refractivity contribution in [3.63, 3.8) is 0 Å². The van der Waals surface area contributed by atoms with Crippen LogP contribution in [0.25, 0.3) is 0 Å². The summed E-state index contributed by atoms with van der Waals surface area (Å²) in [4.78, 5) is 72.8. The molecule has 0 radical (unpaired) electrons. The molecule has 19 heteroatoms. The summed E-state index contributed by atoms with van der Waals surface area (Å²) in [6, 6.07) is 0. The highest BCUT2D eigenvalue weighted by Gasteiger charge is 2.30. The van der Waals surface area contributed by atoms with E-state index in [0.29, 0.717) is 25.7 Å². The van der Waals surface area contributed by atoms with E-state index in [4.69, 9.17) is 37.0 Å². The van der Waals surface area contributed by atoms with E-state index in [1.165, 1.54) is 205 Å². The number of rotatable bonds is 74. The fraction of sp³-hybridized carbons (Fsp3) is 0.947. The van der Waals surface area contributed by atoms with Crippen molar-refractivity contribution in [3.8, 4) is 0 Å². The van der Waals surface area contributed by atoms with E-state index >= 15 is 0 Å². The van der Waals surface area contributed by atoms with Crippen molar-refractivity contribution in [2.75, 3.05) is 39.6 Å². The van der Waals surface area contributed by atoms with Crippen LogP contribution in [0.1, 0.15) is 388 Å². The Bertz CT molecular complexity index is 1820. The number of carbonyl (C=O) groups is 4. The van der Waals surface area contributed by atoms with Gasteiger partial charge in [-0.15, -0.1) is 0 Å². The number of aliphatic hydroxyl groups excluding tert-OH is 1. The summed E-state index contributed by atoms with van der Waals surface area (Å²) >= 11 is 0. The summed E-state index contributed by atoms with van der Waals surface area (Å²) in [5, 5.41) is 10.6. The molecule has 6 atom stereocenters. The standard InChI is InChI=1S/C75H146O17P2/c1-7-10-12-14-16-18-20-27-35-41-47-53-59-74(79)91-70(63-85-72(77)57-51-45-39-33-25-19-17-15-13-11-8-2)65-89-93(81,82)87-61-69(76)62-88-94(83,84)90-66-71(64-86-73(78)58-52-46-40-34-30-29-32-38-44-50-56-68(6)9-3)92-75(80)60-54-48-42-36-28-24-22-21-23-26-31-37-43-49-55-67(4)5/h67-71,76H,7-66H2,1-6H3,(H,81,82)(H,83,84)/t68?,69-,70+,71+/m0/s1. The Morgan fingerprint density at radius 1 is 0.309 bits per heavy atom. The normalized spacial score (nSPS) is 14.3. The Labute approximate surface area is 575 Å². The highest BCUT2D eigenvalue weighted by atomic mass is 31.2. The van der Waals surface area contributed by atoms with Crippen LogP contribution in [0.2, 0.25) is 0 Å². The maximum absolute atomic E-state index is 13.1. The van der Waals surface area contributed by atoms with Crippen LogP contribution in [0, 0.1) is 11.8 Å². The summed E-state index contributed by atoms with van der Waals surface area (Å²) in [5.41, 5.74) is 0. The molecule has 3 N–H and O–H groups in total. The Morgan fingerprint density at radius 3 is 0.809 bits per heavy atom. The molecule has 0 aromatic rings. The zero-order valence-corrected chi connectivity index (χ0v) is 63.1. The van der Waals surface area contributed by atoms with Crippen LogP contribution in [0.5, 0.6) is 0 Å². The van der Waals surface area contributed by atoms with E-state index < -0.39 is 97.5 Å².